The van der Waals surface area contributed by atoms with E-state index in [1.54, 1.807) is 17.5 Å². The number of allylic oxidation sites excluding steroid dienone is 2. The molecule has 1 aromatic rings. The summed E-state index contributed by atoms with van der Waals surface area (Å²) >= 11 is 1.58. The molecule has 6 heteroatoms. The molecule has 0 spiro atoms. The summed E-state index contributed by atoms with van der Waals surface area (Å²) in [6.07, 6.45) is 4.10. The highest BCUT2D eigenvalue weighted by Crippen LogP contribution is 2.36. The van der Waals surface area contributed by atoms with E-state index in [1.165, 1.54) is 0 Å². The third kappa shape index (κ3) is 3.74. The molecular weight excluding hydrogens is 300 g/mol. The van der Waals surface area contributed by atoms with Crippen molar-refractivity contribution in [1.29, 1.82) is 0 Å². The fraction of sp³-hybridized carbons (Fsp3) is 0.562. The minimum absolute atomic E-state index is 0.0115. The normalized spacial score (nSPS) is 19.7. The molecule has 1 aromatic heterocycles. The van der Waals surface area contributed by atoms with E-state index in [0.717, 1.165) is 16.3 Å². The number of rotatable bonds is 6. The summed E-state index contributed by atoms with van der Waals surface area (Å²) in [6.45, 7) is 6.23. The van der Waals surface area contributed by atoms with Crippen molar-refractivity contribution in [3.05, 3.63) is 27.4 Å². The highest BCUT2D eigenvalue weighted by molar-refractivity contribution is 7.11. The summed E-state index contributed by atoms with van der Waals surface area (Å²) in [7, 11) is 0. The predicted octanol–water partition coefficient (Wildman–Crippen LogP) is 3.90. The Balaban J connectivity index is 2.26. The summed E-state index contributed by atoms with van der Waals surface area (Å²) in [5, 5.41) is 15.4. The Bertz CT molecular complexity index is 604. The van der Waals surface area contributed by atoms with Gasteiger partial charge in [0.2, 0.25) is 0 Å². The van der Waals surface area contributed by atoms with Gasteiger partial charge >= 0.3 is 0 Å². The lowest BCUT2D eigenvalue weighted by molar-refractivity contribution is -0.116. The monoisotopic (exact) mass is 322 g/mol. The molecule has 1 heterocycles. The van der Waals surface area contributed by atoms with Gasteiger partial charge in [-0.2, -0.15) is 0 Å². The van der Waals surface area contributed by atoms with Crippen molar-refractivity contribution >= 4 is 22.8 Å². The Hall–Kier alpha value is -1.69. The number of oxime groups is 1. The van der Waals surface area contributed by atoms with E-state index in [1.807, 2.05) is 20.8 Å². The molecule has 1 unspecified atom stereocenters. The topological polar surface area (TPSA) is 71.8 Å². The molecule has 0 aliphatic heterocycles. The van der Waals surface area contributed by atoms with Crippen LogP contribution in [0.15, 0.2) is 22.7 Å². The number of Topliss-reactive ketones (excluding diaryl/α,β-unsaturated/α-hetero) is 1. The number of aliphatic hydroxyl groups excluding tert-OH is 1. The molecule has 0 radical (unpaired) electrons. The van der Waals surface area contributed by atoms with Crippen LogP contribution >= 0.6 is 11.3 Å². The molecule has 1 N–H and O–H groups in total. The molecule has 0 bridgehead atoms. The van der Waals surface area contributed by atoms with Crippen LogP contribution in [-0.2, 0) is 9.63 Å². The number of aliphatic hydroxyl groups is 1. The average Bonchev–Trinajstić information content (AvgIpc) is 2.90. The van der Waals surface area contributed by atoms with Gasteiger partial charge in [-0.15, -0.1) is 11.3 Å². The van der Waals surface area contributed by atoms with E-state index >= 15 is 0 Å². The Morgan fingerprint density at radius 3 is 2.82 bits per heavy atom. The molecule has 5 nitrogen and oxygen atoms in total. The van der Waals surface area contributed by atoms with Gasteiger partial charge in [0, 0.05) is 29.8 Å². The zero-order valence-electron chi connectivity index (χ0n) is 13.3. The lowest BCUT2D eigenvalue weighted by atomic mass is 9.84. The van der Waals surface area contributed by atoms with Crippen LogP contribution in [-0.4, -0.2) is 28.2 Å². The highest BCUT2D eigenvalue weighted by Gasteiger charge is 2.32. The largest absolute Gasteiger partial charge is 0.511 e. The van der Waals surface area contributed by atoms with E-state index in [2.05, 4.69) is 10.1 Å². The fourth-order valence-electron chi connectivity index (χ4n) is 2.59. The molecular formula is C16H22N2O3S. The zero-order chi connectivity index (χ0) is 16.1. The van der Waals surface area contributed by atoms with Crippen LogP contribution in [0.3, 0.4) is 0 Å². The summed E-state index contributed by atoms with van der Waals surface area (Å²) in [4.78, 5) is 22.9. The van der Waals surface area contributed by atoms with Crippen LogP contribution in [0.1, 0.15) is 55.3 Å². The van der Waals surface area contributed by atoms with Crippen LogP contribution in [0.5, 0.6) is 0 Å². The fourth-order valence-corrected chi connectivity index (χ4v) is 3.47. The number of hydrogen-bond acceptors (Lipinski definition) is 6. The minimum atomic E-state index is -0.0632. The smallest absolute Gasteiger partial charge is 0.168 e. The first-order valence-electron chi connectivity index (χ1n) is 7.63. The SMILES string of the molecule is CCC/C(=N\OCC)C1=C(O)CC(c2cnc(C)s2)CC1=O. The van der Waals surface area contributed by atoms with Gasteiger partial charge in [0.25, 0.3) is 0 Å². The average molecular weight is 322 g/mol. The second-order valence-electron chi connectivity index (χ2n) is 5.34. The van der Waals surface area contributed by atoms with Crippen LogP contribution in [0.2, 0.25) is 0 Å². The Kier molecular flexibility index (Phi) is 5.71. The van der Waals surface area contributed by atoms with E-state index in [0.29, 0.717) is 37.2 Å². The predicted molar refractivity (Wildman–Crippen MR) is 87.5 cm³/mol. The molecule has 0 aromatic carbocycles. The van der Waals surface area contributed by atoms with E-state index in [-0.39, 0.29) is 17.5 Å². The Morgan fingerprint density at radius 2 is 2.27 bits per heavy atom. The summed E-state index contributed by atoms with van der Waals surface area (Å²) < 4.78 is 0. The van der Waals surface area contributed by atoms with Crippen LogP contribution in [0.25, 0.3) is 0 Å². The molecule has 0 fully saturated rings. The molecule has 120 valence electrons. The maximum atomic E-state index is 12.5. The quantitative estimate of drug-likeness (QED) is 0.637. The number of carbonyl (C=O) groups is 1. The van der Waals surface area contributed by atoms with Gasteiger partial charge in [-0.05, 0) is 20.3 Å². The number of thiazole rings is 1. The summed E-state index contributed by atoms with van der Waals surface area (Å²) in [5.74, 6) is 0.0725. The van der Waals surface area contributed by atoms with Gasteiger partial charge in [-0.1, -0.05) is 18.5 Å². The number of nitrogens with zero attached hydrogens (tertiary/aromatic N) is 2. The number of aromatic nitrogens is 1. The number of ketones is 1. The van der Waals surface area contributed by atoms with Crippen molar-refractivity contribution in [2.45, 2.75) is 52.4 Å². The van der Waals surface area contributed by atoms with Gasteiger partial charge in [0.05, 0.1) is 16.3 Å². The first-order chi connectivity index (χ1) is 10.6. The maximum absolute atomic E-state index is 12.5. The third-order valence-corrected chi connectivity index (χ3v) is 4.63. The Labute approximate surface area is 134 Å². The van der Waals surface area contributed by atoms with Crippen molar-refractivity contribution in [2.75, 3.05) is 6.61 Å². The molecule has 0 saturated heterocycles. The van der Waals surface area contributed by atoms with E-state index < -0.39 is 0 Å². The Morgan fingerprint density at radius 1 is 1.50 bits per heavy atom. The standard InChI is InChI=1S/C16H22N2O3S/c1-4-6-12(18-21-5-2)16-13(19)7-11(8-14(16)20)15-9-17-10(3)22-15/h9,11,19H,4-8H2,1-3H3/b18-12+. The van der Waals surface area contributed by atoms with Crippen molar-refractivity contribution in [1.82, 2.24) is 4.98 Å². The summed E-state index contributed by atoms with van der Waals surface area (Å²) in [6, 6.07) is 0. The second-order valence-corrected chi connectivity index (χ2v) is 6.60. The van der Waals surface area contributed by atoms with Crippen LogP contribution in [0, 0.1) is 6.92 Å². The van der Waals surface area contributed by atoms with E-state index in [4.69, 9.17) is 4.84 Å². The van der Waals surface area contributed by atoms with Gasteiger partial charge in [0.15, 0.2) is 5.78 Å². The van der Waals surface area contributed by atoms with Crippen molar-refractivity contribution in [3.63, 3.8) is 0 Å². The maximum Gasteiger partial charge on any atom is 0.168 e. The number of hydrogen-bond donors (Lipinski definition) is 1. The highest BCUT2D eigenvalue weighted by atomic mass is 32.1. The minimum Gasteiger partial charge on any atom is -0.511 e. The first kappa shape index (κ1) is 16.7. The van der Waals surface area contributed by atoms with Crippen molar-refractivity contribution < 1.29 is 14.7 Å². The van der Waals surface area contributed by atoms with Gasteiger partial charge < -0.3 is 9.94 Å². The second kappa shape index (κ2) is 7.54. The molecule has 1 aliphatic rings. The van der Waals surface area contributed by atoms with Crippen LogP contribution in [0.4, 0.5) is 0 Å². The molecule has 1 aliphatic carbocycles. The van der Waals surface area contributed by atoms with E-state index in [9.17, 15) is 9.90 Å². The van der Waals surface area contributed by atoms with Gasteiger partial charge in [-0.3, -0.25) is 4.79 Å². The van der Waals surface area contributed by atoms with Crippen molar-refractivity contribution in [3.8, 4) is 0 Å². The summed E-state index contributed by atoms with van der Waals surface area (Å²) in [5.41, 5.74) is 0.915. The molecule has 1 atom stereocenters. The number of aryl methyl sites for hydroxylation is 1. The van der Waals surface area contributed by atoms with Crippen LogP contribution < -0.4 is 0 Å². The van der Waals surface area contributed by atoms with Gasteiger partial charge in [-0.25, -0.2) is 4.98 Å². The lowest BCUT2D eigenvalue weighted by Crippen LogP contribution is -2.23. The number of carbonyl (C=O) groups excluding carboxylic acids is 1. The first-order valence-corrected chi connectivity index (χ1v) is 8.45. The molecule has 22 heavy (non-hydrogen) atoms. The van der Waals surface area contributed by atoms with Gasteiger partial charge in [0.1, 0.15) is 12.4 Å². The zero-order valence-corrected chi connectivity index (χ0v) is 14.1. The molecule has 0 saturated carbocycles. The third-order valence-electron chi connectivity index (χ3n) is 3.56. The molecule has 2 rings (SSSR count). The molecule has 0 amide bonds. The lowest BCUT2D eigenvalue weighted by Gasteiger charge is -2.23. The van der Waals surface area contributed by atoms with Crippen molar-refractivity contribution in [2.24, 2.45) is 5.16 Å².